The highest BCUT2D eigenvalue weighted by molar-refractivity contribution is 7.13. The molecule has 23 heavy (non-hydrogen) atoms. The molecular weight excluding hydrogens is 310 g/mol. The van der Waals surface area contributed by atoms with Gasteiger partial charge in [-0.1, -0.05) is 6.07 Å². The summed E-state index contributed by atoms with van der Waals surface area (Å²) in [5.74, 6) is 0. The van der Waals surface area contributed by atoms with Gasteiger partial charge in [-0.2, -0.15) is 0 Å². The number of fused-ring (bicyclic) bond motifs is 1. The van der Waals surface area contributed by atoms with Gasteiger partial charge in [-0.25, -0.2) is 4.79 Å². The first-order chi connectivity index (χ1) is 11.2. The molecule has 1 aromatic carbocycles. The van der Waals surface area contributed by atoms with Crippen LogP contribution in [0.1, 0.15) is 24.2 Å². The van der Waals surface area contributed by atoms with Crippen LogP contribution in [-0.4, -0.2) is 19.4 Å². The van der Waals surface area contributed by atoms with E-state index in [1.54, 1.807) is 0 Å². The fraction of sp³-hybridized carbons (Fsp3) is 0.222. The third-order valence-electron chi connectivity index (χ3n) is 3.94. The van der Waals surface area contributed by atoms with Gasteiger partial charge in [0.25, 0.3) is 0 Å². The second kappa shape index (κ2) is 6.38. The van der Waals surface area contributed by atoms with Crippen molar-refractivity contribution in [3.8, 4) is 10.4 Å². The molecule has 0 saturated carbocycles. The molecule has 0 fully saturated rings. The van der Waals surface area contributed by atoms with Crippen molar-refractivity contribution in [1.82, 2.24) is 0 Å². The van der Waals surface area contributed by atoms with E-state index < -0.39 is 5.63 Å². The minimum Gasteiger partial charge on any atom is -0.422 e. The molecule has 0 aliphatic carbocycles. The largest absolute Gasteiger partial charge is 0.422 e. The molecule has 2 heterocycles. The number of nitrogens with zero attached hydrogens (tertiary/aromatic N) is 1. The number of hydrogen-bond donors (Lipinski definition) is 0. The van der Waals surface area contributed by atoms with Gasteiger partial charge in [0, 0.05) is 40.7 Å². The molecule has 118 valence electrons. The monoisotopic (exact) mass is 327 g/mol. The van der Waals surface area contributed by atoms with E-state index in [-0.39, 0.29) is 5.56 Å². The maximum absolute atomic E-state index is 12.2. The number of anilines is 1. The van der Waals surface area contributed by atoms with Crippen LogP contribution < -0.4 is 10.5 Å². The predicted molar refractivity (Wildman–Crippen MR) is 94.7 cm³/mol. The van der Waals surface area contributed by atoms with Gasteiger partial charge in [0.2, 0.25) is 0 Å². The number of benzene rings is 1. The van der Waals surface area contributed by atoms with E-state index in [1.807, 2.05) is 35.7 Å². The molecule has 4 nitrogen and oxygen atoms in total. The van der Waals surface area contributed by atoms with Gasteiger partial charge in [-0.3, -0.25) is 4.79 Å². The Balaban J connectivity index is 2.32. The predicted octanol–water partition coefficient (Wildman–Crippen LogP) is 4.18. The minimum atomic E-state index is -0.590. The average Bonchev–Trinajstić information content (AvgIpc) is 3.08. The van der Waals surface area contributed by atoms with Gasteiger partial charge in [0.1, 0.15) is 11.1 Å². The summed E-state index contributed by atoms with van der Waals surface area (Å²) < 4.78 is 5.39. The minimum absolute atomic E-state index is 0.0792. The Morgan fingerprint density at radius 1 is 1.22 bits per heavy atom. The first kappa shape index (κ1) is 15.5. The lowest BCUT2D eigenvalue weighted by molar-refractivity contribution is 0.112. The maximum atomic E-state index is 12.2. The van der Waals surface area contributed by atoms with Crippen LogP contribution in [0.3, 0.4) is 0 Å². The molecule has 0 N–H and O–H groups in total. The molecule has 0 aliphatic rings. The Bertz CT molecular complexity index is 893. The van der Waals surface area contributed by atoms with Crippen LogP contribution >= 0.6 is 11.3 Å². The van der Waals surface area contributed by atoms with E-state index in [0.29, 0.717) is 17.4 Å². The Labute approximate surface area is 138 Å². The van der Waals surface area contributed by atoms with Crippen molar-refractivity contribution in [3.63, 3.8) is 0 Å². The molecule has 2 aromatic heterocycles. The van der Waals surface area contributed by atoms with E-state index in [1.165, 1.54) is 11.3 Å². The Morgan fingerprint density at radius 3 is 2.61 bits per heavy atom. The summed E-state index contributed by atoms with van der Waals surface area (Å²) in [5.41, 5.74) is 1.66. The molecule has 3 rings (SSSR count). The number of carbonyl (C=O) groups is 1. The normalized spacial score (nSPS) is 10.9. The van der Waals surface area contributed by atoms with Gasteiger partial charge in [-0.15, -0.1) is 11.3 Å². The third-order valence-corrected chi connectivity index (χ3v) is 4.83. The van der Waals surface area contributed by atoms with Crippen molar-refractivity contribution in [2.45, 2.75) is 13.8 Å². The van der Waals surface area contributed by atoms with Crippen molar-refractivity contribution in [2.24, 2.45) is 0 Å². The van der Waals surface area contributed by atoms with E-state index >= 15 is 0 Å². The lowest BCUT2D eigenvalue weighted by Gasteiger charge is -2.21. The summed E-state index contributed by atoms with van der Waals surface area (Å²) in [5, 5.41) is 2.71. The SMILES string of the molecule is CCN(CC)c1ccc2c(-c3cccs3)c(C=O)c(=O)oc2c1. The molecule has 0 bridgehead atoms. The number of thiophene rings is 1. The van der Waals surface area contributed by atoms with E-state index in [9.17, 15) is 9.59 Å². The number of hydrogen-bond acceptors (Lipinski definition) is 5. The Kier molecular flexibility index (Phi) is 4.30. The Hall–Kier alpha value is -2.40. The first-order valence-corrected chi connectivity index (χ1v) is 8.42. The van der Waals surface area contributed by atoms with Crippen molar-refractivity contribution in [1.29, 1.82) is 0 Å². The highest BCUT2D eigenvalue weighted by Crippen LogP contribution is 2.34. The van der Waals surface area contributed by atoms with Crippen molar-refractivity contribution in [2.75, 3.05) is 18.0 Å². The smallest absolute Gasteiger partial charge is 0.347 e. The van der Waals surface area contributed by atoms with E-state index in [2.05, 4.69) is 18.7 Å². The number of rotatable bonds is 5. The number of carbonyl (C=O) groups excluding carboxylic acids is 1. The van der Waals surface area contributed by atoms with Crippen LogP contribution in [0.5, 0.6) is 0 Å². The van der Waals surface area contributed by atoms with Crippen molar-refractivity contribution < 1.29 is 9.21 Å². The zero-order valence-electron chi connectivity index (χ0n) is 13.0. The summed E-state index contributed by atoms with van der Waals surface area (Å²) in [6, 6.07) is 9.61. The highest BCUT2D eigenvalue weighted by atomic mass is 32.1. The molecule has 0 atom stereocenters. The van der Waals surface area contributed by atoms with Crippen LogP contribution in [-0.2, 0) is 0 Å². The fourth-order valence-corrected chi connectivity index (χ4v) is 3.58. The molecule has 0 amide bonds. The fourth-order valence-electron chi connectivity index (χ4n) is 2.78. The van der Waals surface area contributed by atoms with Gasteiger partial charge in [-0.05, 0) is 37.4 Å². The first-order valence-electron chi connectivity index (χ1n) is 7.54. The molecule has 0 saturated heterocycles. The molecule has 3 aromatic rings. The van der Waals surface area contributed by atoms with Gasteiger partial charge >= 0.3 is 5.63 Å². The lowest BCUT2D eigenvalue weighted by Crippen LogP contribution is -2.21. The van der Waals surface area contributed by atoms with Crippen LogP contribution in [0.25, 0.3) is 21.4 Å². The Morgan fingerprint density at radius 2 is 2.00 bits per heavy atom. The van der Waals surface area contributed by atoms with Crippen LogP contribution in [0.2, 0.25) is 0 Å². The molecular formula is C18H17NO3S. The van der Waals surface area contributed by atoms with Crippen LogP contribution in [0, 0.1) is 0 Å². The summed E-state index contributed by atoms with van der Waals surface area (Å²) >= 11 is 1.50. The van der Waals surface area contributed by atoms with E-state index in [4.69, 9.17) is 4.42 Å². The second-order valence-corrected chi connectivity index (χ2v) is 6.07. The standard InChI is InChI=1S/C18H17NO3S/c1-3-19(4-2)12-7-8-13-15(10-12)22-18(21)14(11-20)17(13)16-6-5-9-23-16/h5-11H,3-4H2,1-2H3. The zero-order valence-corrected chi connectivity index (χ0v) is 13.9. The van der Waals surface area contributed by atoms with Gasteiger partial charge in [0.15, 0.2) is 6.29 Å². The molecule has 0 spiro atoms. The highest BCUT2D eigenvalue weighted by Gasteiger charge is 2.17. The van der Waals surface area contributed by atoms with E-state index in [0.717, 1.165) is 29.0 Å². The summed E-state index contributed by atoms with van der Waals surface area (Å²) in [7, 11) is 0. The van der Waals surface area contributed by atoms with Crippen LogP contribution in [0.4, 0.5) is 5.69 Å². The average molecular weight is 327 g/mol. The van der Waals surface area contributed by atoms with Gasteiger partial charge < -0.3 is 9.32 Å². The molecule has 0 radical (unpaired) electrons. The van der Waals surface area contributed by atoms with Crippen molar-refractivity contribution in [3.05, 3.63) is 51.7 Å². The molecule has 5 heteroatoms. The second-order valence-electron chi connectivity index (χ2n) is 5.13. The summed E-state index contributed by atoms with van der Waals surface area (Å²) in [6.45, 7) is 5.90. The summed E-state index contributed by atoms with van der Waals surface area (Å²) in [6.07, 6.45) is 0.582. The third kappa shape index (κ3) is 2.68. The lowest BCUT2D eigenvalue weighted by atomic mass is 10.0. The summed E-state index contributed by atoms with van der Waals surface area (Å²) in [4.78, 5) is 26.7. The van der Waals surface area contributed by atoms with Gasteiger partial charge in [0.05, 0.1) is 0 Å². The molecule has 0 unspecified atom stereocenters. The maximum Gasteiger partial charge on any atom is 0.347 e. The topological polar surface area (TPSA) is 50.5 Å². The molecule has 0 aliphatic heterocycles. The van der Waals surface area contributed by atoms with Crippen molar-refractivity contribution >= 4 is 34.3 Å². The number of aldehydes is 1. The van der Waals surface area contributed by atoms with Crippen LogP contribution in [0.15, 0.2) is 44.9 Å². The quantitative estimate of drug-likeness (QED) is 0.521. The zero-order chi connectivity index (χ0) is 16.4.